The van der Waals surface area contributed by atoms with Crippen LogP contribution >= 0.6 is 11.6 Å². The van der Waals surface area contributed by atoms with Crippen LogP contribution in [0.5, 0.6) is 0 Å². The van der Waals surface area contributed by atoms with Crippen LogP contribution in [-0.2, 0) is 36.0 Å². The lowest BCUT2D eigenvalue weighted by Gasteiger charge is -2.42. The third kappa shape index (κ3) is 13.7. The predicted octanol–water partition coefficient (Wildman–Crippen LogP) is 10.6. The molecule has 8 heterocycles. The van der Waals surface area contributed by atoms with Gasteiger partial charge in [0, 0.05) is 106 Å². The second-order valence-electron chi connectivity index (χ2n) is 23.3. The van der Waals surface area contributed by atoms with Gasteiger partial charge in [-0.15, -0.1) is 0 Å². The monoisotopic (exact) mass is 991 g/mol. The van der Waals surface area contributed by atoms with E-state index in [2.05, 4.69) is 166 Å². The summed E-state index contributed by atoms with van der Waals surface area (Å²) in [6.45, 7) is 33.3. The quantitative estimate of drug-likeness (QED) is 0.0608. The molecular formula is C54H79ClN10O2Si2. The van der Waals surface area contributed by atoms with Gasteiger partial charge >= 0.3 is 0 Å². The highest BCUT2D eigenvalue weighted by molar-refractivity contribution is 6.76. The number of hydrogen-bond acceptors (Lipinski definition) is 10. The lowest BCUT2D eigenvalue weighted by Crippen LogP contribution is -2.47. The molecule has 0 amide bonds. The lowest BCUT2D eigenvalue weighted by atomic mass is 9.75. The molecule has 0 bridgehead atoms. The van der Waals surface area contributed by atoms with E-state index in [0.717, 1.165) is 85.7 Å². The summed E-state index contributed by atoms with van der Waals surface area (Å²) >= 11 is 5.99. The summed E-state index contributed by atoms with van der Waals surface area (Å²) in [5, 5.41) is 6.05. The van der Waals surface area contributed by atoms with Gasteiger partial charge in [-0.1, -0.05) is 125 Å². The number of likely N-dealkylation sites (tertiary alicyclic amines) is 2. The zero-order valence-electron chi connectivity index (χ0n) is 42.8. The summed E-state index contributed by atoms with van der Waals surface area (Å²) < 4.78 is 15.8. The fourth-order valence-electron chi connectivity index (χ4n) is 10.8. The number of hydrogen-bond donors (Lipinski definition) is 1. The molecule has 0 saturated carbocycles. The van der Waals surface area contributed by atoms with Crippen molar-refractivity contribution >= 4 is 55.6 Å². The van der Waals surface area contributed by atoms with Crippen LogP contribution < -0.4 is 10.2 Å². The predicted molar refractivity (Wildman–Crippen MR) is 289 cm³/mol. The molecule has 4 fully saturated rings. The van der Waals surface area contributed by atoms with E-state index >= 15 is 0 Å². The molecule has 0 aliphatic carbocycles. The number of ether oxygens (including phenoxy) is 2. The Hall–Kier alpha value is -4.00. The Morgan fingerprint density at radius 3 is 1.72 bits per heavy atom. The van der Waals surface area contributed by atoms with Crippen molar-refractivity contribution in [2.24, 2.45) is 22.7 Å². The van der Waals surface area contributed by atoms with Crippen LogP contribution in [0.25, 0.3) is 22.1 Å². The summed E-state index contributed by atoms with van der Waals surface area (Å²) in [6, 6.07) is 28.2. The van der Waals surface area contributed by atoms with E-state index in [1.54, 1.807) is 6.33 Å². The van der Waals surface area contributed by atoms with E-state index in [0.29, 0.717) is 24.0 Å². The highest BCUT2D eigenvalue weighted by Gasteiger charge is 2.47. The average Bonchev–Trinajstić information content (AvgIpc) is 4.09. The van der Waals surface area contributed by atoms with Crippen molar-refractivity contribution in [3.63, 3.8) is 0 Å². The van der Waals surface area contributed by atoms with Gasteiger partial charge in [0.05, 0.1) is 10.8 Å². The normalized spacial score (nSPS) is 23.1. The molecule has 0 radical (unpaired) electrons. The van der Waals surface area contributed by atoms with Crippen molar-refractivity contribution < 1.29 is 9.47 Å². The zero-order chi connectivity index (χ0) is 48.7. The molecule has 69 heavy (non-hydrogen) atoms. The second-order valence-corrected chi connectivity index (χ2v) is 34.9. The fourth-order valence-corrected chi connectivity index (χ4v) is 12.5. The van der Waals surface area contributed by atoms with Gasteiger partial charge in [-0.3, -0.25) is 9.80 Å². The number of benzene rings is 2. The molecule has 4 atom stereocenters. The number of piperidine rings is 2. The molecule has 6 aromatic rings. The minimum absolute atomic E-state index is 0.285. The maximum atomic E-state index is 6.00. The van der Waals surface area contributed by atoms with Crippen molar-refractivity contribution in [3.05, 3.63) is 114 Å². The van der Waals surface area contributed by atoms with Gasteiger partial charge < -0.3 is 28.8 Å². The summed E-state index contributed by atoms with van der Waals surface area (Å²) in [5.74, 6) is 2.72. The zero-order valence-corrected chi connectivity index (χ0v) is 45.6. The second kappa shape index (κ2) is 22.6. The first kappa shape index (κ1) is 51.4. The van der Waals surface area contributed by atoms with Crippen molar-refractivity contribution in [2.75, 3.05) is 70.5 Å². The molecule has 0 spiro atoms. The minimum Gasteiger partial charge on any atom is -0.361 e. The smallest absolute Gasteiger partial charge is 0.147 e. The molecule has 0 unspecified atom stereocenters. The molecule has 372 valence electrons. The van der Waals surface area contributed by atoms with Gasteiger partial charge in [0.2, 0.25) is 0 Å². The first-order chi connectivity index (χ1) is 33.0. The Morgan fingerprint density at radius 2 is 1.16 bits per heavy atom. The Balaban J connectivity index is 0.000000154. The number of halogens is 1. The first-order valence-electron chi connectivity index (χ1n) is 25.4. The molecule has 4 saturated heterocycles. The Kier molecular flexibility index (Phi) is 16.8. The summed E-state index contributed by atoms with van der Waals surface area (Å²) in [4.78, 5) is 25.3. The summed E-state index contributed by atoms with van der Waals surface area (Å²) in [7, 11) is -2.10. The molecule has 4 aliphatic heterocycles. The molecule has 12 nitrogen and oxygen atoms in total. The minimum atomic E-state index is -1.08. The van der Waals surface area contributed by atoms with Crippen LogP contribution in [0.1, 0.15) is 37.8 Å². The van der Waals surface area contributed by atoms with Crippen molar-refractivity contribution in [1.29, 1.82) is 0 Å². The molecule has 15 heteroatoms. The van der Waals surface area contributed by atoms with Gasteiger partial charge in [-0.25, -0.2) is 19.9 Å². The van der Waals surface area contributed by atoms with E-state index in [9.17, 15) is 0 Å². The maximum Gasteiger partial charge on any atom is 0.147 e. The van der Waals surface area contributed by atoms with E-state index in [1.165, 1.54) is 75.1 Å². The Bertz CT molecular complexity index is 2550. The largest absolute Gasteiger partial charge is 0.361 e. The number of nitrogens with one attached hydrogen (secondary N) is 1. The number of nitrogens with zero attached hydrogens (tertiary/aromatic N) is 9. The molecule has 4 aromatic heterocycles. The van der Waals surface area contributed by atoms with Crippen LogP contribution in [-0.4, -0.2) is 121 Å². The van der Waals surface area contributed by atoms with Gasteiger partial charge in [0.25, 0.3) is 0 Å². The van der Waals surface area contributed by atoms with Gasteiger partial charge in [0.1, 0.15) is 48.4 Å². The first-order valence-corrected chi connectivity index (χ1v) is 33.2. The highest BCUT2D eigenvalue weighted by atomic mass is 35.5. The highest BCUT2D eigenvalue weighted by Crippen LogP contribution is 2.44. The number of fused-ring (bicyclic) bond motifs is 4. The molecular weight excluding hydrogens is 912 g/mol. The van der Waals surface area contributed by atoms with E-state index in [-0.39, 0.29) is 5.41 Å². The van der Waals surface area contributed by atoms with Crippen LogP contribution in [0.15, 0.2) is 97.8 Å². The van der Waals surface area contributed by atoms with E-state index in [1.807, 2.05) is 16.8 Å². The number of aromatic nitrogens is 6. The SMILES string of the molecule is C[C@@]12CNCC[C@@H]1CN(Cc1ccccc1)C2.C[C@]12CN(Cc3ccccc3)C[C@H]1CCN(c1ncnc3c1ccn3COCC[Si](C)(C)C)C2.C[Si](C)(C)CCOCn1ccc2c(Cl)ncnc21. The lowest BCUT2D eigenvalue weighted by molar-refractivity contribution is 0.0898. The number of anilines is 1. The van der Waals surface area contributed by atoms with Gasteiger partial charge in [0.15, 0.2) is 0 Å². The van der Waals surface area contributed by atoms with Crippen LogP contribution in [0, 0.1) is 22.7 Å². The molecule has 10 rings (SSSR count). The standard InChI is InChI=1S/C27H39N5OSi.C15H22N2.C12H18ClN3OSi/c1-27-18-30(16-22-8-6-5-7-9-22)17-23(27)10-12-31(19-27)25-24-11-13-32(26(24)29-20-28-25)21-33-14-15-34(2,3)4;1-15-11-16-8-7-14(15)10-17(12-15)9-13-5-3-2-4-6-13;1-18(2,3)7-6-17-9-16-5-4-10-11(13)14-8-15-12(10)16/h5-9,11,13,20,23H,10,12,14-19,21H2,1-4H3;2-6,14,16H,7-12H2,1H3;4-5,8H,6-7,9H2,1-3H3/t23-,27-;14-,15+;/m11./s1. The molecule has 2 aromatic carbocycles. The average molecular weight is 992 g/mol. The van der Waals surface area contributed by atoms with Crippen molar-refractivity contribution in [1.82, 2.24) is 44.2 Å². The van der Waals surface area contributed by atoms with Crippen LogP contribution in [0.2, 0.25) is 56.5 Å². The third-order valence-corrected chi connectivity index (χ3v) is 18.6. The van der Waals surface area contributed by atoms with Crippen molar-refractivity contribution in [3.8, 4) is 0 Å². The summed E-state index contributed by atoms with van der Waals surface area (Å²) in [6.07, 6.45) is 9.79. The van der Waals surface area contributed by atoms with Crippen LogP contribution in [0.4, 0.5) is 5.82 Å². The third-order valence-electron chi connectivity index (χ3n) is 14.9. The Morgan fingerprint density at radius 1 is 0.638 bits per heavy atom. The molecule has 4 aliphatic rings. The van der Waals surface area contributed by atoms with Crippen molar-refractivity contribution in [2.45, 2.75) is 105 Å². The number of rotatable bonds is 15. The molecule has 1 N–H and O–H groups in total. The topological polar surface area (TPSA) is 102 Å². The van der Waals surface area contributed by atoms with E-state index < -0.39 is 16.1 Å². The fraction of sp³-hybridized carbons (Fsp3) is 0.556. The Labute approximate surface area is 419 Å². The van der Waals surface area contributed by atoms with E-state index in [4.69, 9.17) is 26.1 Å². The van der Waals surface area contributed by atoms with Crippen LogP contribution in [0.3, 0.4) is 0 Å². The van der Waals surface area contributed by atoms with Gasteiger partial charge in [-0.05, 0) is 72.0 Å². The summed E-state index contributed by atoms with van der Waals surface area (Å²) in [5.41, 5.74) is 5.44. The maximum absolute atomic E-state index is 6.00. The van der Waals surface area contributed by atoms with Gasteiger partial charge in [-0.2, -0.15) is 0 Å².